The Morgan fingerprint density at radius 2 is 2.12 bits per heavy atom. The summed E-state index contributed by atoms with van der Waals surface area (Å²) in [6.07, 6.45) is 3.36. The number of fused-ring (bicyclic) bond motifs is 1. The van der Waals surface area contributed by atoms with Gasteiger partial charge >= 0.3 is 0 Å². The van der Waals surface area contributed by atoms with E-state index in [1.54, 1.807) is 13.2 Å². The van der Waals surface area contributed by atoms with E-state index in [4.69, 9.17) is 14.2 Å². The summed E-state index contributed by atoms with van der Waals surface area (Å²) in [5, 5.41) is 12.3. The summed E-state index contributed by atoms with van der Waals surface area (Å²) in [5.74, 6) is 0.632. The minimum Gasteiger partial charge on any atom is -0.489 e. The molecule has 2 heterocycles. The van der Waals surface area contributed by atoms with Gasteiger partial charge in [-0.15, -0.1) is 0 Å². The van der Waals surface area contributed by atoms with Crippen molar-refractivity contribution in [1.82, 2.24) is 14.9 Å². The van der Waals surface area contributed by atoms with Crippen molar-refractivity contribution in [3.8, 4) is 17.6 Å². The minimum absolute atomic E-state index is 0.0518. The fraction of sp³-hybridized carbons (Fsp3) is 0.636. The van der Waals surface area contributed by atoms with Gasteiger partial charge in [0.05, 0.1) is 42.8 Å². The summed E-state index contributed by atoms with van der Waals surface area (Å²) in [6, 6.07) is 5.20. The molecule has 0 aliphatic carbocycles. The fourth-order valence-corrected chi connectivity index (χ4v) is 4.63. The molecule has 1 saturated heterocycles. The number of carbonyl (C=O) groups excluding carboxylic acids is 1. The summed E-state index contributed by atoms with van der Waals surface area (Å²) in [7, 11) is -1.51. The molecule has 0 spiro atoms. The van der Waals surface area contributed by atoms with Crippen LogP contribution in [-0.4, -0.2) is 84.6 Å². The van der Waals surface area contributed by atoms with E-state index in [1.807, 2.05) is 0 Å². The van der Waals surface area contributed by atoms with Crippen LogP contribution in [0, 0.1) is 17.2 Å². The van der Waals surface area contributed by atoms with Crippen LogP contribution in [0.5, 0.6) is 11.5 Å². The van der Waals surface area contributed by atoms with Crippen molar-refractivity contribution in [2.75, 3.05) is 59.3 Å². The predicted octanol–water partition coefficient (Wildman–Crippen LogP) is 0.726. The van der Waals surface area contributed by atoms with Gasteiger partial charge in [0.15, 0.2) is 11.5 Å². The van der Waals surface area contributed by atoms with Gasteiger partial charge in [0.25, 0.3) is 5.91 Å². The molecule has 1 amide bonds. The predicted molar refractivity (Wildman–Crippen MR) is 122 cm³/mol. The van der Waals surface area contributed by atoms with Gasteiger partial charge in [-0.25, -0.2) is 13.1 Å². The van der Waals surface area contributed by atoms with Crippen LogP contribution in [0.3, 0.4) is 0 Å². The van der Waals surface area contributed by atoms with Crippen molar-refractivity contribution in [3.05, 3.63) is 23.3 Å². The van der Waals surface area contributed by atoms with Gasteiger partial charge < -0.3 is 24.4 Å². The van der Waals surface area contributed by atoms with Crippen molar-refractivity contribution in [2.45, 2.75) is 25.4 Å². The summed E-state index contributed by atoms with van der Waals surface area (Å²) in [5.41, 5.74) is 0.647. The Bertz CT molecular complexity index is 978. The minimum atomic E-state index is -3.17. The molecule has 2 aliphatic rings. The van der Waals surface area contributed by atoms with Crippen molar-refractivity contribution in [3.63, 3.8) is 0 Å². The molecule has 1 aromatic rings. The Hall–Kier alpha value is -2.39. The van der Waals surface area contributed by atoms with Crippen LogP contribution in [0.2, 0.25) is 0 Å². The van der Waals surface area contributed by atoms with Gasteiger partial charge in [0.1, 0.15) is 0 Å². The number of piperidine rings is 1. The normalized spacial score (nSPS) is 21.1. The first-order valence-corrected chi connectivity index (χ1v) is 13.0. The monoisotopic (exact) mass is 480 g/mol. The van der Waals surface area contributed by atoms with Crippen molar-refractivity contribution >= 4 is 15.9 Å². The number of likely N-dealkylation sites (tertiary alicyclic amines) is 1. The number of sulfonamides is 1. The lowest BCUT2D eigenvalue weighted by Crippen LogP contribution is -2.49. The van der Waals surface area contributed by atoms with Crippen molar-refractivity contribution in [2.24, 2.45) is 5.92 Å². The molecule has 10 nitrogen and oxygen atoms in total. The first-order chi connectivity index (χ1) is 15.8. The number of carbonyl (C=O) groups is 1. The Morgan fingerprint density at radius 3 is 2.85 bits per heavy atom. The third-order valence-corrected chi connectivity index (χ3v) is 6.57. The van der Waals surface area contributed by atoms with E-state index in [2.05, 4.69) is 21.0 Å². The van der Waals surface area contributed by atoms with Crippen LogP contribution in [0.15, 0.2) is 12.1 Å². The standard InChI is InChI=1S/C22H32N4O6S/c1-30-20-15-26(7-3-6-25-33(2,28)29)8-5-17(20)14-24-22(27)18-11-16(13-23)12-19-21(18)32-10-4-9-31-19/h11-12,17,20,25H,3-10,14-15H2,1-2H3,(H,24,27)/t17-,20+/m0/s1. The maximum absolute atomic E-state index is 13.0. The Labute approximate surface area is 195 Å². The molecule has 1 aromatic carbocycles. The summed E-state index contributed by atoms with van der Waals surface area (Å²) in [4.78, 5) is 15.2. The number of amides is 1. The zero-order valence-corrected chi connectivity index (χ0v) is 19.9. The maximum atomic E-state index is 13.0. The second-order valence-corrected chi connectivity index (χ2v) is 10.2. The van der Waals surface area contributed by atoms with Gasteiger partial charge in [-0.1, -0.05) is 0 Å². The van der Waals surface area contributed by atoms with Crippen LogP contribution in [0.4, 0.5) is 0 Å². The number of nitrogens with zero attached hydrogens (tertiary/aromatic N) is 2. The molecule has 33 heavy (non-hydrogen) atoms. The Balaban J connectivity index is 1.56. The second-order valence-electron chi connectivity index (χ2n) is 8.37. The smallest absolute Gasteiger partial charge is 0.255 e. The van der Waals surface area contributed by atoms with Crippen LogP contribution in [0.25, 0.3) is 0 Å². The third-order valence-electron chi connectivity index (χ3n) is 5.84. The average molecular weight is 481 g/mol. The number of nitriles is 1. The molecule has 182 valence electrons. The number of ether oxygens (including phenoxy) is 3. The van der Waals surface area contributed by atoms with E-state index in [1.165, 1.54) is 6.07 Å². The molecule has 0 aromatic heterocycles. The van der Waals surface area contributed by atoms with Crippen molar-refractivity contribution < 1.29 is 27.4 Å². The van der Waals surface area contributed by atoms with Crippen LogP contribution in [0.1, 0.15) is 35.2 Å². The van der Waals surface area contributed by atoms with E-state index in [0.717, 1.165) is 25.8 Å². The van der Waals surface area contributed by atoms with Crippen molar-refractivity contribution in [1.29, 1.82) is 5.26 Å². The number of benzene rings is 1. The Morgan fingerprint density at radius 1 is 1.33 bits per heavy atom. The molecule has 11 heteroatoms. The summed E-state index contributed by atoms with van der Waals surface area (Å²) >= 11 is 0. The molecule has 2 N–H and O–H groups in total. The number of rotatable bonds is 9. The quantitative estimate of drug-likeness (QED) is 0.495. The van der Waals surface area contributed by atoms with E-state index in [-0.39, 0.29) is 17.9 Å². The van der Waals surface area contributed by atoms with Gasteiger partial charge in [0, 0.05) is 45.1 Å². The first kappa shape index (κ1) is 25.2. The lowest BCUT2D eigenvalue weighted by molar-refractivity contribution is -0.0105. The highest BCUT2D eigenvalue weighted by Crippen LogP contribution is 2.35. The molecule has 2 atom stereocenters. The molecular formula is C22H32N4O6S. The first-order valence-electron chi connectivity index (χ1n) is 11.1. The molecule has 0 saturated carbocycles. The highest BCUT2D eigenvalue weighted by Gasteiger charge is 2.30. The zero-order chi connectivity index (χ0) is 23.8. The lowest BCUT2D eigenvalue weighted by Gasteiger charge is -2.38. The van der Waals surface area contributed by atoms with Gasteiger partial charge in [0.2, 0.25) is 10.0 Å². The molecule has 0 bridgehead atoms. The number of hydrogen-bond acceptors (Lipinski definition) is 8. The average Bonchev–Trinajstić information content (AvgIpc) is 3.04. The molecule has 3 rings (SSSR count). The zero-order valence-electron chi connectivity index (χ0n) is 19.1. The van der Waals surface area contributed by atoms with Gasteiger partial charge in [-0.3, -0.25) is 4.79 Å². The van der Waals surface area contributed by atoms with Gasteiger partial charge in [-0.2, -0.15) is 5.26 Å². The highest BCUT2D eigenvalue weighted by molar-refractivity contribution is 7.88. The molecule has 0 unspecified atom stereocenters. The maximum Gasteiger partial charge on any atom is 0.255 e. The van der Waals surface area contributed by atoms with Crippen LogP contribution in [-0.2, 0) is 14.8 Å². The molecule has 1 fully saturated rings. The van der Waals surface area contributed by atoms with E-state index >= 15 is 0 Å². The number of hydrogen-bond donors (Lipinski definition) is 2. The molecule has 2 aliphatic heterocycles. The Kier molecular flexibility index (Phi) is 8.91. The largest absolute Gasteiger partial charge is 0.489 e. The van der Waals surface area contributed by atoms with E-state index in [0.29, 0.717) is 68.3 Å². The molecular weight excluding hydrogens is 448 g/mol. The number of methoxy groups -OCH3 is 1. The highest BCUT2D eigenvalue weighted by atomic mass is 32.2. The van der Waals surface area contributed by atoms with E-state index < -0.39 is 10.0 Å². The third kappa shape index (κ3) is 7.30. The summed E-state index contributed by atoms with van der Waals surface area (Å²) in [6.45, 7) is 4.09. The topological polar surface area (TPSA) is 130 Å². The van der Waals surface area contributed by atoms with Gasteiger partial charge in [-0.05, 0) is 32.0 Å². The molecule has 0 radical (unpaired) electrons. The number of nitrogens with one attached hydrogen (secondary N) is 2. The fourth-order valence-electron chi connectivity index (χ4n) is 4.12. The van der Waals surface area contributed by atoms with Crippen LogP contribution < -0.4 is 19.5 Å². The SMILES string of the molecule is CO[C@@H]1CN(CCCNS(C)(=O)=O)CC[C@H]1CNC(=O)c1cc(C#N)cc2c1OCCCO2. The summed E-state index contributed by atoms with van der Waals surface area (Å²) < 4.78 is 41.9. The van der Waals surface area contributed by atoms with E-state index in [9.17, 15) is 18.5 Å². The second kappa shape index (κ2) is 11.7. The lowest BCUT2D eigenvalue weighted by atomic mass is 9.93. The van der Waals surface area contributed by atoms with Crippen LogP contribution >= 0.6 is 0 Å².